The van der Waals surface area contributed by atoms with Crippen LogP contribution < -0.4 is 11.1 Å². The molecule has 0 spiro atoms. The number of aromatic nitrogens is 2. The highest BCUT2D eigenvalue weighted by Crippen LogP contribution is 2.39. The van der Waals surface area contributed by atoms with E-state index in [4.69, 9.17) is 17.3 Å². The summed E-state index contributed by atoms with van der Waals surface area (Å²) in [6, 6.07) is 9.07. The standard InChI is InChI=1S/C16H19ClN4O.ClH/c1-16(9-18,11-4-5-11)19-15(22)14-8-13(20-21-14)10-2-6-12(17)7-3-10;/h2-3,6-8,11H,4-5,9,18H2,1H3,(H,19,22)(H,20,21);1H. The maximum atomic E-state index is 12.4. The van der Waals surface area contributed by atoms with E-state index in [1.807, 2.05) is 19.1 Å². The number of hydrogen-bond acceptors (Lipinski definition) is 3. The third-order valence-corrected chi connectivity index (χ3v) is 4.52. The van der Waals surface area contributed by atoms with Crippen LogP contribution in [0.25, 0.3) is 11.3 Å². The zero-order valence-electron chi connectivity index (χ0n) is 12.8. The molecule has 3 rings (SSSR count). The van der Waals surface area contributed by atoms with Crippen LogP contribution in [0.5, 0.6) is 0 Å². The van der Waals surface area contributed by atoms with Gasteiger partial charge in [-0.25, -0.2) is 0 Å². The van der Waals surface area contributed by atoms with Gasteiger partial charge in [0.25, 0.3) is 5.91 Å². The minimum absolute atomic E-state index is 0. The molecule has 1 fully saturated rings. The molecule has 0 saturated heterocycles. The predicted molar refractivity (Wildman–Crippen MR) is 93.9 cm³/mol. The largest absolute Gasteiger partial charge is 0.344 e. The summed E-state index contributed by atoms with van der Waals surface area (Å²) in [4.78, 5) is 12.4. The van der Waals surface area contributed by atoms with Gasteiger partial charge in [-0.2, -0.15) is 5.10 Å². The topological polar surface area (TPSA) is 83.8 Å². The molecule has 5 nitrogen and oxygen atoms in total. The lowest BCUT2D eigenvalue weighted by Gasteiger charge is -2.29. The van der Waals surface area contributed by atoms with Crippen molar-refractivity contribution in [3.05, 3.63) is 41.0 Å². The second kappa shape index (κ2) is 6.91. The molecular formula is C16H20Cl2N4O. The Bertz CT molecular complexity index is 682. The Kier molecular flexibility index (Phi) is 5.34. The number of amides is 1. The third kappa shape index (κ3) is 3.86. The van der Waals surface area contributed by atoms with Gasteiger partial charge < -0.3 is 11.1 Å². The molecular weight excluding hydrogens is 335 g/mol. The van der Waals surface area contributed by atoms with E-state index in [-0.39, 0.29) is 23.9 Å². The molecule has 1 aliphatic rings. The van der Waals surface area contributed by atoms with Crippen molar-refractivity contribution in [2.75, 3.05) is 6.54 Å². The summed E-state index contributed by atoms with van der Waals surface area (Å²) in [5.74, 6) is 0.299. The van der Waals surface area contributed by atoms with Crippen molar-refractivity contribution in [3.63, 3.8) is 0 Å². The molecule has 1 saturated carbocycles. The first kappa shape index (κ1) is 17.8. The molecule has 1 unspecified atom stereocenters. The van der Waals surface area contributed by atoms with Gasteiger partial charge in [-0.3, -0.25) is 9.89 Å². The fraction of sp³-hybridized carbons (Fsp3) is 0.375. The van der Waals surface area contributed by atoms with Crippen LogP contribution in [0.3, 0.4) is 0 Å². The van der Waals surface area contributed by atoms with E-state index in [1.165, 1.54) is 0 Å². The maximum absolute atomic E-state index is 12.4. The lowest BCUT2D eigenvalue weighted by Crippen LogP contribution is -2.53. The minimum atomic E-state index is -0.345. The Labute approximate surface area is 146 Å². The second-order valence-corrected chi connectivity index (χ2v) is 6.46. The zero-order chi connectivity index (χ0) is 15.7. The lowest BCUT2D eigenvalue weighted by molar-refractivity contribution is 0.0892. The van der Waals surface area contributed by atoms with Gasteiger partial charge in [-0.1, -0.05) is 23.7 Å². The van der Waals surface area contributed by atoms with Crippen LogP contribution in [0.2, 0.25) is 5.02 Å². The fourth-order valence-electron chi connectivity index (χ4n) is 2.57. The lowest BCUT2D eigenvalue weighted by atomic mass is 9.96. The third-order valence-electron chi connectivity index (χ3n) is 4.26. The molecule has 1 aromatic carbocycles. The number of rotatable bonds is 5. The second-order valence-electron chi connectivity index (χ2n) is 6.02. The number of hydrogen-bond donors (Lipinski definition) is 3. The number of aromatic amines is 1. The van der Waals surface area contributed by atoms with E-state index in [2.05, 4.69) is 15.5 Å². The van der Waals surface area contributed by atoms with E-state index in [9.17, 15) is 4.79 Å². The predicted octanol–water partition coefficient (Wildman–Crippen LogP) is 3.01. The molecule has 1 amide bonds. The van der Waals surface area contributed by atoms with Gasteiger partial charge in [-0.05, 0) is 43.9 Å². The van der Waals surface area contributed by atoms with Crippen molar-refractivity contribution in [3.8, 4) is 11.3 Å². The summed E-state index contributed by atoms with van der Waals surface area (Å²) in [7, 11) is 0. The molecule has 4 N–H and O–H groups in total. The number of nitrogens with one attached hydrogen (secondary N) is 2. The number of nitrogens with two attached hydrogens (primary N) is 1. The van der Waals surface area contributed by atoms with Crippen molar-refractivity contribution in [2.45, 2.75) is 25.3 Å². The molecule has 124 valence electrons. The molecule has 1 aromatic heterocycles. The summed E-state index contributed by atoms with van der Waals surface area (Å²) in [5.41, 5.74) is 7.54. The number of benzene rings is 1. The van der Waals surface area contributed by atoms with Gasteiger partial charge in [0.15, 0.2) is 0 Å². The Morgan fingerprint density at radius 3 is 2.65 bits per heavy atom. The van der Waals surface area contributed by atoms with E-state index in [1.54, 1.807) is 18.2 Å². The average molecular weight is 355 g/mol. The van der Waals surface area contributed by atoms with Crippen molar-refractivity contribution < 1.29 is 4.79 Å². The molecule has 2 aromatic rings. The first-order valence-corrected chi connectivity index (χ1v) is 7.73. The van der Waals surface area contributed by atoms with Crippen LogP contribution in [-0.4, -0.2) is 28.2 Å². The zero-order valence-corrected chi connectivity index (χ0v) is 14.4. The van der Waals surface area contributed by atoms with Crippen LogP contribution in [0.15, 0.2) is 30.3 Å². The first-order chi connectivity index (χ1) is 10.5. The highest BCUT2D eigenvalue weighted by Gasteiger charge is 2.41. The van der Waals surface area contributed by atoms with E-state index in [0.717, 1.165) is 18.4 Å². The maximum Gasteiger partial charge on any atom is 0.269 e. The normalized spacial score (nSPS) is 16.3. The quantitative estimate of drug-likeness (QED) is 0.771. The number of carbonyl (C=O) groups is 1. The van der Waals surface area contributed by atoms with Gasteiger partial charge in [0.1, 0.15) is 5.69 Å². The Hall–Kier alpha value is -1.56. The van der Waals surface area contributed by atoms with Gasteiger partial charge in [-0.15, -0.1) is 12.4 Å². The van der Waals surface area contributed by atoms with Crippen LogP contribution in [-0.2, 0) is 0 Å². The number of nitrogens with zero attached hydrogens (tertiary/aromatic N) is 1. The summed E-state index contributed by atoms with van der Waals surface area (Å²) in [5, 5.41) is 10.7. The summed E-state index contributed by atoms with van der Waals surface area (Å²) >= 11 is 5.87. The molecule has 1 heterocycles. The van der Waals surface area contributed by atoms with Crippen molar-refractivity contribution >= 4 is 29.9 Å². The molecule has 0 aliphatic heterocycles. The van der Waals surface area contributed by atoms with Crippen molar-refractivity contribution in [1.29, 1.82) is 0 Å². The van der Waals surface area contributed by atoms with Crippen LogP contribution >= 0.6 is 24.0 Å². The molecule has 23 heavy (non-hydrogen) atoms. The number of halogens is 2. The van der Waals surface area contributed by atoms with E-state index in [0.29, 0.717) is 28.9 Å². The summed E-state index contributed by atoms with van der Waals surface area (Å²) in [6.07, 6.45) is 2.24. The number of H-pyrrole nitrogens is 1. The Morgan fingerprint density at radius 2 is 2.09 bits per heavy atom. The summed E-state index contributed by atoms with van der Waals surface area (Å²) < 4.78 is 0. The molecule has 7 heteroatoms. The molecule has 0 radical (unpaired) electrons. The van der Waals surface area contributed by atoms with Gasteiger partial charge in [0.05, 0.1) is 11.2 Å². The Morgan fingerprint density at radius 1 is 1.43 bits per heavy atom. The fourth-order valence-corrected chi connectivity index (χ4v) is 2.70. The highest BCUT2D eigenvalue weighted by atomic mass is 35.5. The first-order valence-electron chi connectivity index (χ1n) is 7.36. The minimum Gasteiger partial charge on any atom is -0.344 e. The van der Waals surface area contributed by atoms with Gasteiger partial charge in [0, 0.05) is 17.1 Å². The van der Waals surface area contributed by atoms with Gasteiger partial charge >= 0.3 is 0 Å². The molecule has 0 bridgehead atoms. The van der Waals surface area contributed by atoms with Gasteiger partial charge in [0.2, 0.25) is 0 Å². The summed E-state index contributed by atoms with van der Waals surface area (Å²) in [6.45, 7) is 2.43. The monoisotopic (exact) mass is 354 g/mol. The van der Waals surface area contributed by atoms with Crippen LogP contribution in [0.4, 0.5) is 0 Å². The van der Waals surface area contributed by atoms with Crippen molar-refractivity contribution in [1.82, 2.24) is 15.5 Å². The van der Waals surface area contributed by atoms with Crippen LogP contribution in [0, 0.1) is 5.92 Å². The average Bonchev–Trinajstić information content (AvgIpc) is 3.26. The van der Waals surface area contributed by atoms with E-state index >= 15 is 0 Å². The van der Waals surface area contributed by atoms with E-state index < -0.39 is 0 Å². The van der Waals surface area contributed by atoms with Crippen molar-refractivity contribution in [2.24, 2.45) is 11.7 Å². The molecule has 1 atom stereocenters. The number of carbonyl (C=O) groups excluding carboxylic acids is 1. The molecule has 1 aliphatic carbocycles. The smallest absolute Gasteiger partial charge is 0.269 e. The SMILES string of the molecule is CC(CN)(NC(=O)c1cc(-c2ccc(Cl)cc2)n[nH]1)C1CC1.Cl. The highest BCUT2D eigenvalue weighted by molar-refractivity contribution is 6.30. The Balaban J connectivity index is 0.00000192. The van der Waals surface area contributed by atoms with Crippen LogP contribution in [0.1, 0.15) is 30.3 Å².